The van der Waals surface area contributed by atoms with Crippen LogP contribution in [-0.2, 0) is 28.6 Å². The maximum Gasteiger partial charge on any atom is 0.420 e. The first kappa shape index (κ1) is 27.0. The van der Waals surface area contributed by atoms with Crippen molar-refractivity contribution in [3.05, 3.63) is 88.3 Å². The van der Waals surface area contributed by atoms with E-state index < -0.39 is 23.3 Å². The minimum atomic E-state index is -4.69. The number of benzene rings is 1. The van der Waals surface area contributed by atoms with Gasteiger partial charge in [0.25, 0.3) is 7.41 Å². The lowest BCUT2D eigenvalue weighted by Crippen LogP contribution is -2.37. The summed E-state index contributed by atoms with van der Waals surface area (Å²) in [7, 11) is 1.56. The zero-order chi connectivity index (χ0) is 27.1. The van der Waals surface area contributed by atoms with Crippen LogP contribution >= 0.6 is 0 Å². The highest BCUT2D eigenvalue weighted by Crippen LogP contribution is 2.31. The quantitative estimate of drug-likeness (QED) is 0.293. The Morgan fingerprint density at radius 2 is 1.92 bits per heavy atom. The number of primary amides is 1. The molecular weight excluding hydrogens is 494 g/mol. The van der Waals surface area contributed by atoms with Crippen LogP contribution in [0.3, 0.4) is 0 Å². The Balaban J connectivity index is 1.56. The van der Waals surface area contributed by atoms with Crippen LogP contribution < -0.4 is 5.73 Å². The van der Waals surface area contributed by atoms with E-state index in [4.69, 9.17) is 5.73 Å². The maximum atomic E-state index is 13.6. The molecule has 0 bridgehead atoms. The first-order valence-corrected chi connectivity index (χ1v) is 12.0. The van der Waals surface area contributed by atoms with Gasteiger partial charge in [0.05, 0.1) is 12.6 Å². The third kappa shape index (κ3) is 7.04. The number of piperidine rings is 1. The maximum absolute atomic E-state index is 13.6. The predicted octanol–water partition coefficient (Wildman–Crippen LogP) is 2.90. The van der Waals surface area contributed by atoms with Crippen molar-refractivity contribution in [1.29, 1.82) is 0 Å². The molecule has 0 saturated carbocycles. The molecule has 1 fully saturated rings. The van der Waals surface area contributed by atoms with Crippen LogP contribution in [0.4, 0.5) is 13.2 Å². The summed E-state index contributed by atoms with van der Waals surface area (Å²) in [6.45, 7) is 1.62. The van der Waals surface area contributed by atoms with Crippen molar-refractivity contribution < 1.29 is 22.8 Å². The Bertz CT molecular complexity index is 1370. The van der Waals surface area contributed by atoms with Gasteiger partial charge in [-0.2, -0.15) is 13.2 Å². The van der Waals surface area contributed by atoms with Gasteiger partial charge in [0.15, 0.2) is 0 Å². The summed E-state index contributed by atoms with van der Waals surface area (Å²) < 4.78 is 40.9. The summed E-state index contributed by atoms with van der Waals surface area (Å²) in [6, 6.07) is 11.0. The molecule has 0 aliphatic carbocycles. The van der Waals surface area contributed by atoms with Gasteiger partial charge in [-0.05, 0) is 66.4 Å². The number of halogens is 3. The average molecular weight is 518 g/mol. The first-order chi connectivity index (χ1) is 18.2. The lowest BCUT2D eigenvalue weighted by atomic mass is 9.84. The predicted molar refractivity (Wildman–Crippen MR) is 135 cm³/mol. The zero-order valence-electron chi connectivity index (χ0n) is 20.4. The van der Waals surface area contributed by atoms with Crippen LogP contribution in [0.25, 0.3) is 0 Å². The van der Waals surface area contributed by atoms with Crippen molar-refractivity contribution in [2.75, 3.05) is 13.1 Å². The Kier molecular flexibility index (Phi) is 8.53. The van der Waals surface area contributed by atoms with Crippen LogP contribution in [0.1, 0.15) is 58.2 Å². The number of carbonyl (C=O) groups excluding carboxylic acids is 2. The molecule has 1 radical (unpaired) electrons. The smallest absolute Gasteiger partial charge is 0.369 e. The highest BCUT2D eigenvalue weighted by molar-refractivity contribution is 6.64. The van der Waals surface area contributed by atoms with E-state index in [1.807, 2.05) is 29.1 Å². The van der Waals surface area contributed by atoms with Crippen molar-refractivity contribution in [3.8, 4) is 11.8 Å². The largest absolute Gasteiger partial charge is 0.420 e. The Hall–Kier alpha value is -4.04. The molecular formula is C27H24BF3N5O2. The van der Waals surface area contributed by atoms with Crippen LogP contribution in [-0.4, -0.2) is 52.4 Å². The van der Waals surface area contributed by atoms with E-state index >= 15 is 0 Å². The Morgan fingerprint density at radius 1 is 1.16 bits per heavy atom. The fourth-order valence-electron chi connectivity index (χ4n) is 4.40. The van der Waals surface area contributed by atoms with Crippen molar-refractivity contribution >= 4 is 19.5 Å². The highest BCUT2D eigenvalue weighted by Gasteiger charge is 2.34. The summed E-state index contributed by atoms with van der Waals surface area (Å²) >= 11 is 0. The topological polar surface area (TPSA) is 102 Å². The van der Waals surface area contributed by atoms with Crippen molar-refractivity contribution in [2.24, 2.45) is 5.73 Å². The molecule has 38 heavy (non-hydrogen) atoms. The zero-order valence-corrected chi connectivity index (χ0v) is 20.4. The van der Waals surface area contributed by atoms with E-state index in [-0.39, 0.29) is 24.4 Å². The minimum Gasteiger partial charge on any atom is -0.369 e. The molecule has 1 aromatic carbocycles. The van der Waals surface area contributed by atoms with Crippen molar-refractivity contribution in [3.63, 3.8) is 0 Å². The number of hydrogen-bond acceptors (Lipinski definition) is 6. The molecule has 1 saturated heterocycles. The number of aromatic nitrogens is 3. The second-order valence-corrected chi connectivity index (χ2v) is 8.99. The summed E-state index contributed by atoms with van der Waals surface area (Å²) in [4.78, 5) is 36.2. The first-order valence-electron chi connectivity index (χ1n) is 12.0. The Labute approximate surface area is 219 Å². The molecule has 2 aromatic heterocycles. The molecule has 3 aromatic rings. The van der Waals surface area contributed by atoms with E-state index in [1.54, 1.807) is 19.5 Å². The third-order valence-electron chi connectivity index (χ3n) is 6.24. The summed E-state index contributed by atoms with van der Waals surface area (Å²) in [6.07, 6.45) is 0.363. The van der Waals surface area contributed by atoms with Gasteiger partial charge >= 0.3 is 6.18 Å². The van der Waals surface area contributed by atoms with E-state index in [1.165, 1.54) is 6.20 Å². The van der Waals surface area contributed by atoms with Gasteiger partial charge in [-0.1, -0.05) is 30.3 Å². The summed E-state index contributed by atoms with van der Waals surface area (Å²) in [5, 5.41) is 0. The second-order valence-electron chi connectivity index (χ2n) is 8.99. The number of carbonyl (C=O) groups is 2. The van der Waals surface area contributed by atoms with Crippen LogP contribution in [0.15, 0.2) is 48.8 Å². The van der Waals surface area contributed by atoms with Gasteiger partial charge in [-0.25, -0.2) is 15.0 Å². The van der Waals surface area contributed by atoms with E-state index in [0.717, 1.165) is 49.4 Å². The molecule has 1 amide bonds. The average Bonchev–Trinajstić information content (AvgIpc) is 2.88. The SMILES string of the molecule is NC(=O)Cc1cccnc1C#Cc1nc(Cc2ccc(C3CCCN([B]C=O)C3)cc2)ncc1C(F)(F)F. The van der Waals surface area contributed by atoms with Crippen LogP contribution in [0.2, 0.25) is 0 Å². The lowest BCUT2D eigenvalue weighted by molar-refractivity contribution is -0.138. The fraction of sp³-hybridized carbons (Fsp3) is 0.296. The van der Waals surface area contributed by atoms with E-state index in [2.05, 4.69) is 26.8 Å². The number of hydrogen-bond donors (Lipinski definition) is 1. The van der Waals surface area contributed by atoms with E-state index in [9.17, 15) is 22.8 Å². The summed E-state index contributed by atoms with van der Waals surface area (Å²) in [5.74, 6) is 4.97. The molecule has 7 nitrogen and oxygen atoms in total. The number of alkyl halides is 3. The molecule has 4 rings (SSSR count). The lowest BCUT2D eigenvalue weighted by Gasteiger charge is -2.31. The number of rotatable bonds is 7. The molecule has 3 heterocycles. The normalized spacial score (nSPS) is 15.8. The third-order valence-corrected chi connectivity index (χ3v) is 6.24. The monoisotopic (exact) mass is 518 g/mol. The van der Waals surface area contributed by atoms with Gasteiger partial charge < -0.3 is 15.3 Å². The second kappa shape index (κ2) is 12.0. The molecule has 1 aliphatic rings. The molecule has 2 N–H and O–H groups in total. The van der Waals surface area contributed by atoms with Gasteiger partial charge in [0, 0.05) is 18.8 Å². The van der Waals surface area contributed by atoms with Gasteiger partial charge in [-0.3, -0.25) is 4.79 Å². The molecule has 0 spiro atoms. The Morgan fingerprint density at radius 3 is 2.63 bits per heavy atom. The fourth-order valence-corrected chi connectivity index (χ4v) is 4.40. The highest BCUT2D eigenvalue weighted by atomic mass is 19.4. The standard InChI is InChI=1S/C27H24BF3N5O2/c29-27(30,31)22-15-34-26(35-24(22)10-9-23-20(14-25(32)38)3-1-11-33-23)13-18-5-7-19(8-6-18)21-4-2-12-36(16-21)28-17-37/h1,3,5-8,11,15,17,21H,2,4,12-14,16H2,(H2,32,38). The molecule has 1 unspecified atom stereocenters. The summed E-state index contributed by atoms with van der Waals surface area (Å²) in [5.41, 5.74) is 6.28. The van der Waals surface area contributed by atoms with Crippen molar-refractivity contribution in [1.82, 2.24) is 19.8 Å². The molecule has 1 aliphatic heterocycles. The van der Waals surface area contributed by atoms with Gasteiger partial charge in [0.2, 0.25) is 5.91 Å². The number of amides is 1. The van der Waals surface area contributed by atoms with E-state index in [0.29, 0.717) is 11.5 Å². The number of nitrogens with zero attached hydrogens (tertiary/aromatic N) is 4. The van der Waals surface area contributed by atoms with Gasteiger partial charge in [-0.15, -0.1) is 0 Å². The number of pyridine rings is 1. The minimum absolute atomic E-state index is 0.136. The molecule has 1 atom stereocenters. The number of nitrogens with two attached hydrogens (primary N) is 1. The molecule has 11 heteroatoms. The molecule has 193 valence electrons. The van der Waals surface area contributed by atoms with Crippen LogP contribution in [0.5, 0.6) is 0 Å². The van der Waals surface area contributed by atoms with Crippen molar-refractivity contribution in [2.45, 2.75) is 37.8 Å². The van der Waals surface area contributed by atoms with Crippen LogP contribution in [0, 0.1) is 11.8 Å². The van der Waals surface area contributed by atoms with Gasteiger partial charge in [0.1, 0.15) is 22.8 Å².